The molecule has 292 valence electrons. The Hall–Kier alpha value is -6.22. The lowest BCUT2D eigenvalue weighted by molar-refractivity contribution is -0.384. The maximum Gasteiger partial charge on any atom is 0.289 e. The van der Waals surface area contributed by atoms with E-state index in [2.05, 4.69) is 5.32 Å². The molecule has 2 N–H and O–H groups in total. The Morgan fingerprint density at radius 2 is 1.54 bits per heavy atom. The maximum atomic E-state index is 13.9. The first-order valence-corrected chi connectivity index (χ1v) is 19.5. The number of hydrogen-bond donors (Lipinski definition) is 2. The second kappa shape index (κ2) is 17.3. The van der Waals surface area contributed by atoms with E-state index in [1.54, 1.807) is 73.7 Å². The number of halogens is 2. The minimum atomic E-state index is -4.68. The Balaban J connectivity index is 1.29. The fourth-order valence-electron chi connectivity index (χ4n) is 6.17. The average Bonchev–Trinajstić information content (AvgIpc) is 3.46. The van der Waals surface area contributed by atoms with E-state index in [0.29, 0.717) is 56.4 Å². The third kappa shape index (κ3) is 9.43. The minimum Gasteiger partial charge on any atom is -0.497 e. The van der Waals surface area contributed by atoms with Crippen LogP contribution in [0.2, 0.25) is 10.0 Å². The van der Waals surface area contributed by atoms with Gasteiger partial charge >= 0.3 is 0 Å². The number of nitrogens with zero attached hydrogens (tertiary/aromatic N) is 2. The number of nitro benzene ring substituents is 1. The fraction of sp³-hybridized carbons (Fsp3) is 0.146. The first kappa shape index (κ1) is 40.4. The van der Waals surface area contributed by atoms with Gasteiger partial charge in [-0.15, -0.1) is 0 Å². The monoisotopic (exact) mass is 828 g/mol. The number of carbonyl (C=O) groups is 3. The second-order valence-electron chi connectivity index (χ2n) is 12.9. The second-order valence-corrected chi connectivity index (χ2v) is 15.4. The molecule has 0 bridgehead atoms. The van der Waals surface area contributed by atoms with Gasteiger partial charge in [0.1, 0.15) is 29.2 Å². The molecule has 0 saturated carbocycles. The summed E-state index contributed by atoms with van der Waals surface area (Å²) in [5.74, 6) is -1.13. The highest BCUT2D eigenvalue weighted by molar-refractivity contribution is 7.90. The van der Waals surface area contributed by atoms with Crippen molar-refractivity contribution >= 4 is 67.5 Å². The molecule has 0 aliphatic carbocycles. The van der Waals surface area contributed by atoms with Crippen LogP contribution in [-0.4, -0.2) is 48.8 Å². The number of hydrogen-bond acceptors (Lipinski definition) is 9. The molecule has 0 radical (unpaired) electrons. The quantitative estimate of drug-likeness (QED) is 0.0849. The normalized spacial score (nSPS) is 11.8. The molecule has 57 heavy (non-hydrogen) atoms. The van der Waals surface area contributed by atoms with Gasteiger partial charge in [-0.05, 0) is 90.3 Å². The van der Waals surface area contributed by atoms with Gasteiger partial charge in [-0.2, -0.15) is 0 Å². The zero-order valence-electron chi connectivity index (χ0n) is 30.4. The maximum absolute atomic E-state index is 13.9. The predicted molar refractivity (Wildman–Crippen MR) is 214 cm³/mol. The highest BCUT2D eigenvalue weighted by Gasteiger charge is 2.29. The van der Waals surface area contributed by atoms with Gasteiger partial charge in [-0.3, -0.25) is 29.1 Å². The molecule has 1 heterocycles. The van der Waals surface area contributed by atoms with Crippen molar-refractivity contribution in [3.63, 3.8) is 0 Å². The van der Waals surface area contributed by atoms with Crippen LogP contribution in [0, 0.1) is 17.0 Å². The first-order chi connectivity index (χ1) is 27.2. The third-order valence-electron chi connectivity index (χ3n) is 9.10. The number of rotatable bonds is 14. The van der Waals surface area contributed by atoms with Crippen molar-refractivity contribution in [1.82, 2.24) is 14.6 Å². The number of nitrogens with one attached hydrogen (secondary N) is 2. The molecule has 1 aromatic heterocycles. The highest BCUT2D eigenvalue weighted by atomic mass is 35.5. The average molecular weight is 830 g/mol. The largest absolute Gasteiger partial charge is 0.497 e. The van der Waals surface area contributed by atoms with Gasteiger partial charge in [0, 0.05) is 34.2 Å². The summed E-state index contributed by atoms with van der Waals surface area (Å²) in [4.78, 5) is 51.6. The molecule has 0 saturated heterocycles. The number of amides is 2. The van der Waals surface area contributed by atoms with Crippen molar-refractivity contribution in [1.29, 1.82) is 0 Å². The molecule has 5 aromatic carbocycles. The van der Waals surface area contributed by atoms with Crippen molar-refractivity contribution in [2.75, 3.05) is 7.11 Å². The van der Waals surface area contributed by atoms with E-state index in [4.69, 9.17) is 32.7 Å². The van der Waals surface area contributed by atoms with Gasteiger partial charge in [0.2, 0.25) is 5.91 Å². The van der Waals surface area contributed by atoms with Crippen LogP contribution in [0.25, 0.3) is 10.9 Å². The summed E-state index contributed by atoms with van der Waals surface area (Å²) in [5.41, 5.74) is 2.60. The summed E-state index contributed by atoms with van der Waals surface area (Å²) >= 11 is 11.9. The van der Waals surface area contributed by atoms with Crippen molar-refractivity contribution in [2.45, 2.75) is 37.3 Å². The number of nitro groups is 1. The molecular formula is C41H34Cl2N4O9S. The number of aromatic nitrogens is 1. The van der Waals surface area contributed by atoms with E-state index in [1.807, 2.05) is 35.1 Å². The number of benzene rings is 5. The van der Waals surface area contributed by atoms with Crippen LogP contribution < -0.4 is 19.5 Å². The van der Waals surface area contributed by atoms with Crippen LogP contribution in [0.3, 0.4) is 0 Å². The van der Waals surface area contributed by atoms with E-state index in [0.717, 1.165) is 23.8 Å². The van der Waals surface area contributed by atoms with Crippen LogP contribution in [-0.2, 0) is 39.1 Å². The zero-order chi connectivity index (χ0) is 40.9. The number of carbonyl (C=O) groups excluding carboxylic acids is 3. The van der Waals surface area contributed by atoms with E-state index >= 15 is 0 Å². The number of sulfonamides is 1. The molecule has 6 rings (SSSR count). The molecule has 0 aliphatic rings. The van der Waals surface area contributed by atoms with Crippen LogP contribution in [0.5, 0.6) is 11.5 Å². The molecular weight excluding hydrogens is 795 g/mol. The molecule has 0 unspecified atom stereocenters. The fourth-order valence-corrected chi connectivity index (χ4v) is 7.52. The molecule has 2 amide bonds. The standard InChI is InChI=1S/C41H34Cl2N4O9S/c1-25-33(34-21-31(55-2)16-19-37(34)46(25)41(50)28-10-12-29(42)13-11-28)23-39(48)44-36(20-26-8-14-30(15-9-26)56-24-27-6-4-3-5-7-27)40(49)45-57(53,54)32-17-18-35(43)38(22-32)47(51)52/h3-19,21-22,36H,20,23-24H2,1-2H3,(H,44,48)(H,45,49)/t36-/m0/s1. The lowest BCUT2D eigenvalue weighted by Gasteiger charge is -2.19. The lowest BCUT2D eigenvalue weighted by atomic mass is 10.0. The van der Waals surface area contributed by atoms with Gasteiger partial charge in [0.15, 0.2) is 0 Å². The summed E-state index contributed by atoms with van der Waals surface area (Å²) in [6.45, 7) is 2.00. The molecule has 1 atom stereocenters. The van der Waals surface area contributed by atoms with Gasteiger partial charge in [0.25, 0.3) is 27.5 Å². The number of fused-ring (bicyclic) bond motifs is 1. The Morgan fingerprint density at radius 1 is 0.860 bits per heavy atom. The Labute approximate surface area is 337 Å². The van der Waals surface area contributed by atoms with Gasteiger partial charge < -0.3 is 14.8 Å². The van der Waals surface area contributed by atoms with Crippen LogP contribution in [0.15, 0.2) is 120 Å². The van der Waals surface area contributed by atoms with Crippen molar-refractivity contribution in [2.24, 2.45) is 0 Å². The van der Waals surface area contributed by atoms with Crippen LogP contribution in [0.4, 0.5) is 5.69 Å². The molecule has 0 fully saturated rings. The van der Waals surface area contributed by atoms with Crippen molar-refractivity contribution < 1.29 is 37.2 Å². The minimum absolute atomic E-state index is 0.156. The summed E-state index contributed by atoms with van der Waals surface area (Å²) in [6.07, 6.45) is -0.473. The highest BCUT2D eigenvalue weighted by Crippen LogP contribution is 2.31. The molecule has 0 aliphatic heterocycles. The van der Waals surface area contributed by atoms with E-state index in [9.17, 15) is 32.9 Å². The Kier molecular flexibility index (Phi) is 12.3. The van der Waals surface area contributed by atoms with E-state index in [-0.39, 0.29) is 23.8 Å². The molecule has 13 nitrogen and oxygen atoms in total. The van der Waals surface area contributed by atoms with Gasteiger partial charge in [-0.25, -0.2) is 13.1 Å². The summed E-state index contributed by atoms with van der Waals surface area (Å²) in [6, 6.07) is 29.0. The summed E-state index contributed by atoms with van der Waals surface area (Å²) < 4.78 is 41.5. The third-order valence-corrected chi connectivity index (χ3v) is 11.0. The Morgan fingerprint density at radius 3 is 2.21 bits per heavy atom. The Bertz CT molecular complexity index is 2600. The number of ether oxygens (including phenoxy) is 2. The molecule has 16 heteroatoms. The SMILES string of the molecule is COc1ccc2c(c1)c(CC(=O)N[C@@H](Cc1ccc(OCc3ccccc3)cc1)C(=O)NS(=O)(=O)c1ccc(Cl)c([N+](=O)[O-])c1)c(C)n2C(=O)c1ccc(Cl)cc1. The first-order valence-electron chi connectivity index (χ1n) is 17.3. The van der Waals surface area contributed by atoms with Crippen molar-refractivity contribution in [3.05, 3.63) is 163 Å². The van der Waals surface area contributed by atoms with Gasteiger partial charge in [-0.1, -0.05) is 65.7 Å². The molecule has 6 aromatic rings. The molecule has 0 spiro atoms. The lowest BCUT2D eigenvalue weighted by Crippen LogP contribution is -2.50. The number of methoxy groups -OCH3 is 1. The van der Waals surface area contributed by atoms with Crippen LogP contribution in [0.1, 0.15) is 32.7 Å². The van der Waals surface area contributed by atoms with E-state index < -0.39 is 43.4 Å². The smallest absolute Gasteiger partial charge is 0.289 e. The zero-order valence-corrected chi connectivity index (χ0v) is 32.7. The van der Waals surface area contributed by atoms with Gasteiger partial charge in [0.05, 0.1) is 28.9 Å². The summed E-state index contributed by atoms with van der Waals surface area (Å²) in [7, 11) is -3.20. The summed E-state index contributed by atoms with van der Waals surface area (Å²) in [5, 5.41) is 14.8. The topological polar surface area (TPSA) is 176 Å². The predicted octanol–water partition coefficient (Wildman–Crippen LogP) is 7.22. The van der Waals surface area contributed by atoms with E-state index in [1.165, 1.54) is 11.7 Å². The van der Waals surface area contributed by atoms with Crippen molar-refractivity contribution in [3.8, 4) is 11.5 Å². The van der Waals surface area contributed by atoms with Crippen LogP contribution >= 0.6 is 23.2 Å².